The maximum absolute atomic E-state index is 13.9. The van der Waals surface area contributed by atoms with E-state index in [0.29, 0.717) is 0 Å². The molecule has 4 aromatic rings. The Kier molecular flexibility index (Phi) is 9.96. The van der Waals surface area contributed by atoms with E-state index < -0.39 is 11.6 Å². The molecule has 6 nitrogen and oxygen atoms in total. The summed E-state index contributed by atoms with van der Waals surface area (Å²) in [4.78, 5) is 7.30. The van der Waals surface area contributed by atoms with E-state index in [1.165, 1.54) is 41.5 Å². The van der Waals surface area contributed by atoms with Crippen molar-refractivity contribution in [3.8, 4) is 12.1 Å². The molecule has 0 aliphatic heterocycles. The van der Waals surface area contributed by atoms with Gasteiger partial charge in [-0.3, -0.25) is 0 Å². The molecule has 0 spiro atoms. The van der Waals surface area contributed by atoms with E-state index in [1.54, 1.807) is 12.1 Å². The van der Waals surface area contributed by atoms with Gasteiger partial charge in [0.25, 0.3) is 0 Å². The molecule has 2 aliphatic carbocycles. The van der Waals surface area contributed by atoms with Crippen LogP contribution in [0.15, 0.2) is 48.5 Å². The number of nitriles is 2. The van der Waals surface area contributed by atoms with E-state index in [9.17, 15) is 8.78 Å². The number of nitrogen functional groups attached to an aromatic ring is 1. The molecule has 3 N–H and O–H groups in total. The molecular formula is C30H23Cl3F2N6. The molecule has 0 unspecified atom stereocenters. The number of fused-ring (bicyclic) bond motifs is 2. The van der Waals surface area contributed by atoms with Gasteiger partial charge in [-0.1, -0.05) is 59.1 Å². The van der Waals surface area contributed by atoms with Crippen molar-refractivity contribution in [1.82, 2.24) is 9.97 Å². The molecule has 0 atom stereocenters. The quantitative estimate of drug-likeness (QED) is 0.175. The van der Waals surface area contributed by atoms with Gasteiger partial charge in [-0.25, -0.2) is 18.7 Å². The van der Waals surface area contributed by atoms with Crippen molar-refractivity contribution in [2.75, 3.05) is 11.1 Å². The molecule has 41 heavy (non-hydrogen) atoms. The van der Waals surface area contributed by atoms with Gasteiger partial charge >= 0.3 is 0 Å². The number of nitrogens with zero attached hydrogens (tertiary/aromatic N) is 4. The minimum absolute atomic E-state index is 0.00368. The standard InChI is InChI=1S/C15H11ClFN3.C9H11N.C6HCl2FN2/c16-14-10(8-18)7-12(17)15(20-14)19-13-6-2-4-9-3-1-5-11(9)13;10-9-6-2-4-7-3-1-5-8(7)9;7-5-3(2-10)1-4(9)6(8)11-5/h2,4,6-7H,1,3,5H2,(H,19,20);2,4,6H,1,3,5,10H2;1H. The maximum Gasteiger partial charge on any atom is 0.168 e. The fourth-order valence-electron chi connectivity index (χ4n) is 4.67. The minimum atomic E-state index is -0.743. The van der Waals surface area contributed by atoms with Gasteiger partial charge in [0.2, 0.25) is 0 Å². The van der Waals surface area contributed by atoms with Crippen LogP contribution in [0.25, 0.3) is 0 Å². The predicted molar refractivity (Wildman–Crippen MR) is 157 cm³/mol. The summed E-state index contributed by atoms with van der Waals surface area (Å²) in [6.07, 6.45) is 6.82. The maximum atomic E-state index is 13.9. The normalized spacial score (nSPS) is 12.5. The Morgan fingerprint density at radius 3 is 1.93 bits per heavy atom. The van der Waals surface area contributed by atoms with Crippen molar-refractivity contribution in [3.63, 3.8) is 0 Å². The zero-order valence-corrected chi connectivity index (χ0v) is 23.9. The number of hydrogen-bond donors (Lipinski definition) is 2. The first-order chi connectivity index (χ1) is 19.7. The second-order valence-corrected chi connectivity index (χ2v) is 10.3. The molecule has 0 amide bonds. The van der Waals surface area contributed by atoms with Crippen molar-refractivity contribution in [3.05, 3.63) is 109 Å². The molecule has 11 heteroatoms. The summed E-state index contributed by atoms with van der Waals surface area (Å²) in [5, 5.41) is 19.7. The van der Waals surface area contributed by atoms with Crippen LogP contribution in [0.4, 0.5) is 26.0 Å². The van der Waals surface area contributed by atoms with Crippen LogP contribution in [0.1, 0.15) is 46.2 Å². The number of halogens is 5. The van der Waals surface area contributed by atoms with E-state index in [2.05, 4.69) is 27.4 Å². The zero-order valence-electron chi connectivity index (χ0n) is 21.6. The molecule has 208 valence electrons. The van der Waals surface area contributed by atoms with Crippen molar-refractivity contribution in [1.29, 1.82) is 10.5 Å². The monoisotopic (exact) mass is 610 g/mol. The fraction of sp³-hybridized carbons (Fsp3) is 0.200. The zero-order chi connectivity index (χ0) is 29.5. The van der Waals surface area contributed by atoms with Crippen molar-refractivity contribution in [2.24, 2.45) is 0 Å². The Balaban J connectivity index is 0.000000156. The van der Waals surface area contributed by atoms with Gasteiger partial charge < -0.3 is 11.1 Å². The van der Waals surface area contributed by atoms with E-state index in [1.807, 2.05) is 24.3 Å². The van der Waals surface area contributed by atoms with Crippen LogP contribution in [-0.2, 0) is 25.7 Å². The van der Waals surface area contributed by atoms with Gasteiger partial charge in [-0.15, -0.1) is 0 Å². The lowest BCUT2D eigenvalue weighted by Crippen LogP contribution is -2.01. The SMILES string of the molecule is N#Cc1cc(F)c(Cl)nc1Cl.N#Cc1cc(F)c(Nc2cccc3c2CCC3)nc1Cl.Nc1cccc2c1CCC2. The first-order valence-electron chi connectivity index (χ1n) is 12.6. The summed E-state index contributed by atoms with van der Waals surface area (Å²) >= 11 is 16.5. The lowest BCUT2D eigenvalue weighted by molar-refractivity contribution is 0.621. The number of hydrogen-bond acceptors (Lipinski definition) is 6. The summed E-state index contributed by atoms with van der Waals surface area (Å²) in [5.74, 6) is -1.27. The van der Waals surface area contributed by atoms with Crippen LogP contribution < -0.4 is 11.1 Å². The van der Waals surface area contributed by atoms with Crippen LogP contribution in [0.3, 0.4) is 0 Å². The molecule has 0 saturated heterocycles. The molecule has 0 saturated carbocycles. The highest BCUT2D eigenvalue weighted by Crippen LogP contribution is 2.32. The van der Waals surface area contributed by atoms with E-state index in [-0.39, 0.29) is 32.4 Å². The van der Waals surface area contributed by atoms with E-state index in [4.69, 9.17) is 51.1 Å². The highest BCUT2D eigenvalue weighted by Gasteiger charge is 2.17. The fourth-order valence-corrected chi connectivity index (χ4v) is 5.22. The minimum Gasteiger partial charge on any atom is -0.398 e. The van der Waals surface area contributed by atoms with Crippen LogP contribution in [0, 0.1) is 34.3 Å². The third kappa shape index (κ3) is 7.23. The summed E-state index contributed by atoms with van der Waals surface area (Å²) in [6, 6.07) is 17.7. The molecule has 2 aromatic carbocycles. The molecule has 0 fully saturated rings. The van der Waals surface area contributed by atoms with Crippen LogP contribution >= 0.6 is 34.8 Å². The largest absolute Gasteiger partial charge is 0.398 e. The summed E-state index contributed by atoms with van der Waals surface area (Å²) in [5.41, 5.74) is 13.0. The number of anilines is 3. The highest BCUT2D eigenvalue weighted by atomic mass is 35.5. The van der Waals surface area contributed by atoms with Gasteiger partial charge in [0, 0.05) is 11.4 Å². The third-order valence-electron chi connectivity index (χ3n) is 6.64. The molecule has 0 bridgehead atoms. The first-order valence-corrected chi connectivity index (χ1v) is 13.8. The smallest absolute Gasteiger partial charge is 0.168 e. The molecule has 2 aromatic heterocycles. The number of aromatic nitrogens is 2. The van der Waals surface area contributed by atoms with Crippen LogP contribution in [-0.4, -0.2) is 9.97 Å². The average Bonchev–Trinajstić information content (AvgIpc) is 3.64. The van der Waals surface area contributed by atoms with Gasteiger partial charge in [-0.05, 0) is 85.0 Å². The lowest BCUT2D eigenvalue weighted by atomic mass is 10.1. The number of rotatable bonds is 2. The Hall–Kier alpha value is -3.95. The van der Waals surface area contributed by atoms with Gasteiger partial charge in [0.1, 0.15) is 22.4 Å². The molecular weight excluding hydrogens is 589 g/mol. The second-order valence-electron chi connectivity index (χ2n) is 9.24. The second kappa shape index (κ2) is 13.6. The van der Waals surface area contributed by atoms with E-state index >= 15 is 0 Å². The topological polar surface area (TPSA) is 111 Å². The number of pyridine rings is 2. The average molecular weight is 612 g/mol. The number of nitrogens with two attached hydrogens (primary N) is 1. The van der Waals surface area contributed by atoms with Gasteiger partial charge in [-0.2, -0.15) is 10.5 Å². The Morgan fingerprint density at radius 1 is 0.732 bits per heavy atom. The molecule has 0 radical (unpaired) electrons. The van der Waals surface area contributed by atoms with Crippen LogP contribution in [0.2, 0.25) is 15.5 Å². The third-order valence-corrected chi connectivity index (χ3v) is 7.48. The van der Waals surface area contributed by atoms with Crippen molar-refractivity contribution < 1.29 is 8.78 Å². The number of aryl methyl sites for hydroxylation is 2. The van der Waals surface area contributed by atoms with Crippen LogP contribution in [0.5, 0.6) is 0 Å². The summed E-state index contributed by atoms with van der Waals surface area (Å²) in [6.45, 7) is 0. The number of benzene rings is 2. The van der Waals surface area contributed by atoms with Gasteiger partial charge in [0.15, 0.2) is 22.6 Å². The van der Waals surface area contributed by atoms with Crippen molar-refractivity contribution in [2.45, 2.75) is 38.5 Å². The van der Waals surface area contributed by atoms with Gasteiger partial charge in [0.05, 0.1) is 11.1 Å². The summed E-state index contributed by atoms with van der Waals surface area (Å²) < 4.78 is 26.5. The molecule has 2 heterocycles. The van der Waals surface area contributed by atoms with E-state index in [0.717, 1.165) is 42.8 Å². The molecule has 2 aliphatic rings. The highest BCUT2D eigenvalue weighted by molar-refractivity contribution is 6.33. The Labute approximate surface area is 251 Å². The Morgan fingerprint density at radius 2 is 1.29 bits per heavy atom. The van der Waals surface area contributed by atoms with Crippen molar-refractivity contribution >= 4 is 52.0 Å². The molecule has 6 rings (SSSR count). The summed E-state index contributed by atoms with van der Waals surface area (Å²) in [7, 11) is 0. The Bertz CT molecular complexity index is 1680. The first kappa shape index (κ1) is 30.0. The predicted octanol–water partition coefficient (Wildman–Crippen LogP) is 8.13. The lowest BCUT2D eigenvalue weighted by Gasteiger charge is -2.11. The number of nitrogens with one attached hydrogen (secondary N) is 1.